The van der Waals surface area contributed by atoms with E-state index in [9.17, 15) is 4.79 Å². The lowest BCUT2D eigenvalue weighted by Crippen LogP contribution is -1.88. The summed E-state index contributed by atoms with van der Waals surface area (Å²) in [7, 11) is 0. The maximum Gasteiger partial charge on any atom is 0.328 e. The predicted octanol–water partition coefficient (Wildman–Crippen LogP) is 2.79. The van der Waals surface area contributed by atoms with E-state index in [1.54, 1.807) is 0 Å². The SMILES string of the molecule is C1=CCC=C1.O=C(O)C=CC1=C(O)C(O)=CC1. The van der Waals surface area contributed by atoms with E-state index in [2.05, 4.69) is 24.3 Å². The first kappa shape index (κ1) is 12.8. The third-order valence-corrected chi connectivity index (χ3v) is 2.14. The first-order chi connectivity index (χ1) is 8.11. The lowest BCUT2D eigenvalue weighted by Gasteiger charge is -1.93. The van der Waals surface area contributed by atoms with Gasteiger partial charge in [0.25, 0.3) is 0 Å². The zero-order chi connectivity index (χ0) is 12.7. The van der Waals surface area contributed by atoms with Crippen LogP contribution in [-0.2, 0) is 4.79 Å². The number of carboxylic acid groups (broad SMARTS) is 1. The summed E-state index contributed by atoms with van der Waals surface area (Å²) in [6.45, 7) is 0. The minimum absolute atomic E-state index is 0.194. The zero-order valence-corrected chi connectivity index (χ0v) is 9.21. The molecule has 0 aromatic heterocycles. The van der Waals surface area contributed by atoms with E-state index in [-0.39, 0.29) is 11.5 Å². The molecule has 0 aromatic rings. The van der Waals surface area contributed by atoms with Crippen LogP contribution in [0.4, 0.5) is 0 Å². The van der Waals surface area contributed by atoms with Crippen molar-refractivity contribution in [1.82, 2.24) is 0 Å². The predicted molar refractivity (Wildman–Crippen MR) is 64.7 cm³/mol. The number of allylic oxidation sites excluding steroid dienone is 7. The normalized spacial score (nSPS) is 17.3. The molecule has 4 heteroatoms. The Balaban J connectivity index is 0.000000239. The minimum Gasteiger partial charge on any atom is -0.504 e. The average molecular weight is 234 g/mol. The smallest absolute Gasteiger partial charge is 0.328 e. The molecule has 0 saturated heterocycles. The molecule has 3 N–H and O–H groups in total. The van der Waals surface area contributed by atoms with Gasteiger partial charge in [-0.25, -0.2) is 4.79 Å². The topological polar surface area (TPSA) is 77.8 Å². The highest BCUT2D eigenvalue weighted by Crippen LogP contribution is 2.22. The number of aliphatic hydroxyl groups is 2. The molecule has 0 aliphatic heterocycles. The first-order valence-corrected chi connectivity index (χ1v) is 5.15. The second-order valence-corrected chi connectivity index (χ2v) is 3.43. The van der Waals surface area contributed by atoms with E-state index >= 15 is 0 Å². The van der Waals surface area contributed by atoms with Gasteiger partial charge in [-0.15, -0.1) is 0 Å². The van der Waals surface area contributed by atoms with Crippen LogP contribution in [0.25, 0.3) is 0 Å². The number of rotatable bonds is 2. The van der Waals surface area contributed by atoms with Crippen molar-refractivity contribution in [3.8, 4) is 0 Å². The molecule has 2 aliphatic rings. The molecule has 0 spiro atoms. The van der Waals surface area contributed by atoms with Crippen LogP contribution in [0.1, 0.15) is 12.8 Å². The fourth-order valence-electron chi connectivity index (χ4n) is 1.28. The fourth-order valence-corrected chi connectivity index (χ4v) is 1.28. The molecule has 0 saturated carbocycles. The molecule has 90 valence electrons. The summed E-state index contributed by atoms with van der Waals surface area (Å²) in [5.74, 6) is -1.52. The Bertz CT molecular complexity index is 426. The molecule has 0 amide bonds. The molecule has 0 atom stereocenters. The molecule has 2 aliphatic carbocycles. The van der Waals surface area contributed by atoms with Gasteiger partial charge in [-0.2, -0.15) is 0 Å². The number of hydrogen-bond donors (Lipinski definition) is 3. The molecular weight excluding hydrogens is 220 g/mol. The van der Waals surface area contributed by atoms with Crippen molar-refractivity contribution in [2.24, 2.45) is 0 Å². The number of carboxylic acids is 1. The summed E-state index contributed by atoms with van der Waals surface area (Å²) >= 11 is 0. The molecular formula is C13H14O4. The van der Waals surface area contributed by atoms with Gasteiger partial charge in [0.2, 0.25) is 0 Å². The molecule has 0 aromatic carbocycles. The van der Waals surface area contributed by atoms with Gasteiger partial charge < -0.3 is 15.3 Å². The zero-order valence-electron chi connectivity index (χ0n) is 9.21. The highest BCUT2D eigenvalue weighted by molar-refractivity contribution is 5.80. The summed E-state index contributed by atoms with van der Waals surface area (Å²) in [5.41, 5.74) is 0.412. The van der Waals surface area contributed by atoms with E-state index < -0.39 is 5.97 Å². The Morgan fingerprint density at radius 1 is 1.24 bits per heavy atom. The molecule has 0 fully saturated rings. The summed E-state index contributed by atoms with van der Waals surface area (Å²) in [4.78, 5) is 10.1. The van der Waals surface area contributed by atoms with Gasteiger partial charge in [-0.1, -0.05) is 24.3 Å². The maximum absolute atomic E-state index is 10.1. The Morgan fingerprint density at radius 2 is 1.88 bits per heavy atom. The van der Waals surface area contributed by atoms with Gasteiger partial charge in [-0.05, 0) is 25.0 Å². The molecule has 0 bridgehead atoms. The summed E-state index contributed by atoms with van der Waals surface area (Å²) < 4.78 is 0. The molecule has 4 nitrogen and oxygen atoms in total. The number of aliphatic hydroxyl groups excluding tert-OH is 2. The Hall–Kier alpha value is -2.23. The summed E-state index contributed by atoms with van der Waals surface area (Å²) in [6.07, 6.45) is 13.5. The summed E-state index contributed by atoms with van der Waals surface area (Å²) in [5, 5.41) is 26.2. The van der Waals surface area contributed by atoms with Crippen LogP contribution in [0.2, 0.25) is 0 Å². The molecule has 0 radical (unpaired) electrons. The van der Waals surface area contributed by atoms with Gasteiger partial charge >= 0.3 is 5.97 Å². The average Bonchev–Trinajstić information content (AvgIpc) is 2.93. The van der Waals surface area contributed by atoms with Crippen LogP contribution >= 0.6 is 0 Å². The van der Waals surface area contributed by atoms with Crippen molar-refractivity contribution in [1.29, 1.82) is 0 Å². The minimum atomic E-state index is -1.08. The van der Waals surface area contributed by atoms with E-state index in [1.165, 1.54) is 12.2 Å². The van der Waals surface area contributed by atoms with Crippen LogP contribution in [0.15, 0.2) is 59.6 Å². The van der Waals surface area contributed by atoms with Gasteiger partial charge in [0, 0.05) is 11.6 Å². The van der Waals surface area contributed by atoms with Crippen LogP contribution in [-0.4, -0.2) is 21.3 Å². The highest BCUT2D eigenvalue weighted by Gasteiger charge is 2.13. The lowest BCUT2D eigenvalue weighted by atomic mass is 10.2. The molecule has 0 unspecified atom stereocenters. The summed E-state index contributed by atoms with van der Waals surface area (Å²) in [6, 6.07) is 0. The van der Waals surface area contributed by atoms with E-state index in [0.717, 1.165) is 12.5 Å². The van der Waals surface area contributed by atoms with Crippen molar-refractivity contribution in [2.75, 3.05) is 0 Å². The van der Waals surface area contributed by atoms with Crippen molar-refractivity contribution in [3.63, 3.8) is 0 Å². The Morgan fingerprint density at radius 3 is 2.24 bits per heavy atom. The monoisotopic (exact) mass is 234 g/mol. The van der Waals surface area contributed by atoms with Gasteiger partial charge in [0.15, 0.2) is 11.5 Å². The Kier molecular flexibility index (Phi) is 4.81. The quantitative estimate of drug-likeness (QED) is 0.642. The standard InChI is InChI=1S/C8H8O4.C5H6/c9-6-3-1-5(8(6)12)2-4-7(10)11;1-2-4-5-3-1/h2-4,9,12H,1H2,(H,10,11);1-4H,5H2. The van der Waals surface area contributed by atoms with Gasteiger partial charge in [0.1, 0.15) is 0 Å². The molecule has 17 heavy (non-hydrogen) atoms. The van der Waals surface area contributed by atoms with Crippen molar-refractivity contribution in [2.45, 2.75) is 12.8 Å². The van der Waals surface area contributed by atoms with Crippen LogP contribution in [0.5, 0.6) is 0 Å². The largest absolute Gasteiger partial charge is 0.504 e. The van der Waals surface area contributed by atoms with Crippen LogP contribution in [0.3, 0.4) is 0 Å². The third-order valence-electron chi connectivity index (χ3n) is 2.14. The van der Waals surface area contributed by atoms with E-state index in [4.69, 9.17) is 15.3 Å². The van der Waals surface area contributed by atoms with Crippen molar-refractivity contribution in [3.05, 3.63) is 59.6 Å². The van der Waals surface area contributed by atoms with Crippen LogP contribution < -0.4 is 0 Å². The molecule has 0 heterocycles. The van der Waals surface area contributed by atoms with Crippen molar-refractivity contribution < 1.29 is 20.1 Å². The van der Waals surface area contributed by atoms with E-state index in [1.807, 2.05) is 0 Å². The Labute approximate surface area is 99.2 Å². The number of aliphatic carboxylic acids is 1. The highest BCUT2D eigenvalue weighted by atomic mass is 16.4. The van der Waals surface area contributed by atoms with Crippen LogP contribution in [0, 0.1) is 0 Å². The third kappa shape index (κ3) is 4.42. The fraction of sp³-hybridized carbons (Fsp3) is 0.154. The van der Waals surface area contributed by atoms with Crippen molar-refractivity contribution >= 4 is 5.97 Å². The second kappa shape index (κ2) is 6.37. The number of carbonyl (C=O) groups is 1. The van der Waals surface area contributed by atoms with E-state index in [0.29, 0.717) is 12.0 Å². The molecule has 2 rings (SSSR count). The maximum atomic E-state index is 10.1. The second-order valence-electron chi connectivity index (χ2n) is 3.43. The van der Waals surface area contributed by atoms with Gasteiger partial charge in [-0.3, -0.25) is 0 Å². The van der Waals surface area contributed by atoms with Gasteiger partial charge in [0.05, 0.1) is 0 Å². The lowest BCUT2D eigenvalue weighted by molar-refractivity contribution is -0.131. The number of hydrogen-bond acceptors (Lipinski definition) is 3. The first-order valence-electron chi connectivity index (χ1n) is 5.15.